The maximum absolute atomic E-state index is 15.2. The second-order valence-electron chi connectivity index (χ2n) is 6.65. The zero-order valence-corrected chi connectivity index (χ0v) is 16.0. The molecule has 0 bridgehead atoms. The van der Waals surface area contributed by atoms with Gasteiger partial charge in [0.2, 0.25) is 0 Å². The number of amides is 1. The first-order chi connectivity index (χ1) is 12.4. The molecule has 0 radical (unpaired) electrons. The second-order valence-corrected chi connectivity index (χ2v) is 6.65. The number of rotatable bonds is 6. The van der Waals surface area contributed by atoms with Crippen molar-refractivity contribution < 1.29 is 13.6 Å². The Hall–Kier alpha value is -2.23. The number of carbonyl (C=O) groups is 1. The number of halogens is 2. The average molecular weight is 359 g/mol. The molecule has 2 rings (SSSR count). The van der Waals surface area contributed by atoms with Crippen LogP contribution in [0.1, 0.15) is 63.5 Å². The molecule has 0 aliphatic heterocycles. The van der Waals surface area contributed by atoms with Crippen LogP contribution in [-0.2, 0) is 4.79 Å². The smallest absolute Gasteiger partial charge is 0.251 e. The fourth-order valence-corrected chi connectivity index (χ4v) is 3.20. The van der Waals surface area contributed by atoms with Crippen LogP contribution >= 0.6 is 0 Å². The van der Waals surface area contributed by atoms with Crippen LogP contribution in [0.2, 0.25) is 0 Å². The van der Waals surface area contributed by atoms with Crippen LogP contribution < -0.4 is 5.32 Å². The lowest BCUT2D eigenvalue weighted by molar-refractivity contribution is -0.116. The summed E-state index contributed by atoms with van der Waals surface area (Å²) >= 11 is 0. The Kier molecular flexibility index (Phi) is 6.90. The van der Waals surface area contributed by atoms with Gasteiger partial charge in [-0.15, -0.1) is 0 Å². The summed E-state index contributed by atoms with van der Waals surface area (Å²) in [6.07, 6.45) is 6.54. The summed E-state index contributed by atoms with van der Waals surface area (Å²) in [5.41, 5.74) is 2.44. The molecule has 1 fully saturated rings. The van der Waals surface area contributed by atoms with E-state index in [1.54, 1.807) is 26.0 Å². The van der Waals surface area contributed by atoms with Crippen LogP contribution in [0.25, 0.3) is 5.57 Å². The van der Waals surface area contributed by atoms with E-state index in [4.69, 9.17) is 0 Å². The highest BCUT2D eigenvalue weighted by Gasteiger charge is 2.26. The lowest BCUT2D eigenvalue weighted by Crippen LogP contribution is -2.20. The molecule has 0 heterocycles. The first-order valence-electron chi connectivity index (χ1n) is 9.19. The van der Waals surface area contributed by atoms with Crippen molar-refractivity contribution >= 4 is 11.5 Å². The summed E-state index contributed by atoms with van der Waals surface area (Å²) in [4.78, 5) is 12.1. The molecule has 26 heavy (non-hydrogen) atoms. The van der Waals surface area contributed by atoms with Gasteiger partial charge in [-0.25, -0.2) is 8.78 Å². The molecule has 0 atom stereocenters. The van der Waals surface area contributed by atoms with Gasteiger partial charge in [-0.2, -0.15) is 0 Å². The number of carbonyl (C=O) groups excluding carboxylic acids is 1. The first kappa shape index (κ1) is 20.1. The SMILES string of the molecule is C\C=C(/C(F)=C\C(C(=O)NC)=C(/C)CC)c1c(F)cccc1C1CCC1. The highest BCUT2D eigenvalue weighted by Crippen LogP contribution is 2.42. The summed E-state index contributed by atoms with van der Waals surface area (Å²) in [7, 11) is 1.51. The van der Waals surface area contributed by atoms with Gasteiger partial charge in [0.05, 0.1) is 0 Å². The largest absolute Gasteiger partial charge is 0.355 e. The number of hydrogen-bond donors (Lipinski definition) is 1. The Morgan fingerprint density at radius 2 is 2.04 bits per heavy atom. The minimum atomic E-state index is -0.593. The maximum Gasteiger partial charge on any atom is 0.251 e. The molecule has 1 amide bonds. The molecule has 0 saturated heterocycles. The number of hydrogen-bond acceptors (Lipinski definition) is 1. The predicted molar refractivity (Wildman–Crippen MR) is 103 cm³/mol. The average Bonchev–Trinajstić information content (AvgIpc) is 2.59. The number of nitrogens with one attached hydrogen (secondary N) is 1. The molecule has 0 unspecified atom stereocenters. The Morgan fingerprint density at radius 3 is 2.54 bits per heavy atom. The van der Waals surface area contributed by atoms with Crippen molar-refractivity contribution in [2.45, 2.75) is 52.4 Å². The van der Waals surface area contributed by atoms with Crippen molar-refractivity contribution in [3.63, 3.8) is 0 Å². The predicted octanol–water partition coefficient (Wildman–Crippen LogP) is 5.82. The zero-order chi connectivity index (χ0) is 19.3. The van der Waals surface area contributed by atoms with Gasteiger partial charge in [-0.3, -0.25) is 4.79 Å². The van der Waals surface area contributed by atoms with Crippen molar-refractivity contribution in [1.29, 1.82) is 0 Å². The summed E-state index contributed by atoms with van der Waals surface area (Å²) in [6, 6.07) is 4.92. The van der Waals surface area contributed by atoms with Crippen LogP contribution in [0.15, 0.2) is 47.3 Å². The lowest BCUT2D eigenvalue weighted by atomic mass is 9.76. The van der Waals surface area contributed by atoms with Crippen molar-refractivity contribution in [2.75, 3.05) is 7.05 Å². The van der Waals surface area contributed by atoms with E-state index in [0.29, 0.717) is 12.0 Å². The molecule has 1 aromatic carbocycles. The quantitative estimate of drug-likeness (QED) is 0.503. The molecule has 1 aliphatic rings. The molecular weight excluding hydrogens is 332 g/mol. The molecule has 0 spiro atoms. The van der Waals surface area contributed by atoms with Crippen molar-refractivity contribution in [3.05, 3.63) is 64.3 Å². The van der Waals surface area contributed by atoms with Crippen molar-refractivity contribution in [2.24, 2.45) is 0 Å². The van der Waals surface area contributed by atoms with Gasteiger partial charge in [0.15, 0.2) is 0 Å². The Bertz CT molecular complexity index is 770. The van der Waals surface area contributed by atoms with Crippen LogP contribution in [0.5, 0.6) is 0 Å². The normalized spacial score (nSPS) is 16.8. The van der Waals surface area contributed by atoms with Gasteiger partial charge in [-0.1, -0.05) is 37.1 Å². The van der Waals surface area contributed by atoms with Gasteiger partial charge in [0.25, 0.3) is 5.91 Å². The van der Waals surface area contributed by atoms with E-state index in [1.807, 2.05) is 13.0 Å². The highest BCUT2D eigenvalue weighted by molar-refractivity contribution is 5.98. The van der Waals surface area contributed by atoms with E-state index >= 15 is 4.39 Å². The number of allylic oxidation sites excluding steroid dienone is 4. The molecule has 1 aromatic rings. The summed E-state index contributed by atoms with van der Waals surface area (Å²) in [6.45, 7) is 5.40. The summed E-state index contributed by atoms with van der Waals surface area (Å²) in [5.74, 6) is -1.09. The monoisotopic (exact) mass is 359 g/mol. The van der Waals surface area contributed by atoms with E-state index < -0.39 is 11.6 Å². The number of benzene rings is 1. The van der Waals surface area contributed by atoms with Gasteiger partial charge in [-0.05, 0) is 56.7 Å². The first-order valence-corrected chi connectivity index (χ1v) is 9.19. The molecule has 0 aromatic heterocycles. The van der Waals surface area contributed by atoms with E-state index in [9.17, 15) is 9.18 Å². The molecule has 4 heteroatoms. The standard InChI is InChI=1S/C22H27F2NO/c1-5-14(3)18(22(26)25-4)13-20(24)16(6-2)21-17(15-9-7-10-15)11-8-12-19(21)23/h6,8,11-13,15H,5,7,9-10H2,1-4H3,(H,25,26)/b16-6+,18-14-,20-13+. The van der Waals surface area contributed by atoms with Gasteiger partial charge in [0.1, 0.15) is 11.6 Å². The van der Waals surface area contributed by atoms with E-state index in [2.05, 4.69) is 5.32 Å². The Morgan fingerprint density at radius 1 is 1.35 bits per heavy atom. The van der Waals surface area contributed by atoms with Crippen LogP contribution in [0, 0.1) is 5.82 Å². The minimum absolute atomic E-state index is 0.204. The van der Waals surface area contributed by atoms with Gasteiger partial charge >= 0.3 is 0 Å². The summed E-state index contributed by atoms with van der Waals surface area (Å²) in [5, 5.41) is 2.54. The Labute approximate surface area is 154 Å². The molecule has 2 nitrogen and oxygen atoms in total. The zero-order valence-electron chi connectivity index (χ0n) is 16.0. The van der Waals surface area contributed by atoms with E-state index in [0.717, 1.165) is 30.4 Å². The van der Waals surface area contributed by atoms with E-state index in [-0.39, 0.29) is 23.0 Å². The lowest BCUT2D eigenvalue weighted by Gasteiger charge is -2.28. The summed E-state index contributed by atoms with van der Waals surface area (Å²) < 4.78 is 29.8. The second kappa shape index (κ2) is 8.93. The maximum atomic E-state index is 15.2. The molecular formula is C22H27F2NO. The molecule has 1 saturated carbocycles. The van der Waals surface area contributed by atoms with Crippen LogP contribution in [0.4, 0.5) is 8.78 Å². The highest BCUT2D eigenvalue weighted by atomic mass is 19.1. The van der Waals surface area contributed by atoms with Crippen molar-refractivity contribution in [1.82, 2.24) is 5.32 Å². The third-order valence-corrected chi connectivity index (χ3v) is 5.14. The minimum Gasteiger partial charge on any atom is -0.355 e. The van der Waals surface area contributed by atoms with Gasteiger partial charge in [0, 0.05) is 23.8 Å². The van der Waals surface area contributed by atoms with E-state index in [1.165, 1.54) is 19.2 Å². The third kappa shape index (κ3) is 4.12. The molecule has 140 valence electrons. The third-order valence-electron chi connectivity index (χ3n) is 5.14. The topological polar surface area (TPSA) is 29.1 Å². The Balaban J connectivity index is 2.54. The van der Waals surface area contributed by atoms with Crippen LogP contribution in [0.3, 0.4) is 0 Å². The van der Waals surface area contributed by atoms with Gasteiger partial charge < -0.3 is 5.32 Å². The molecule has 1 aliphatic carbocycles. The fraction of sp³-hybridized carbons (Fsp3) is 0.409. The fourth-order valence-electron chi connectivity index (χ4n) is 3.20. The van der Waals surface area contributed by atoms with Crippen molar-refractivity contribution in [3.8, 4) is 0 Å². The number of likely N-dealkylation sites (N-methyl/N-ethyl adjacent to an activating group) is 1. The van der Waals surface area contributed by atoms with Crippen LogP contribution in [-0.4, -0.2) is 13.0 Å². The molecule has 1 N–H and O–H groups in total.